The highest BCUT2D eigenvalue weighted by atomic mass is 19.1. The molecule has 2 aromatic heterocycles. The third kappa shape index (κ3) is 3.84. The highest BCUT2D eigenvalue weighted by Crippen LogP contribution is 2.18. The average molecular weight is 367 g/mol. The lowest BCUT2D eigenvalue weighted by Crippen LogP contribution is -2.26. The first kappa shape index (κ1) is 18.2. The van der Waals surface area contributed by atoms with Crippen LogP contribution in [0.25, 0.3) is 11.3 Å². The number of rotatable bonds is 4. The van der Waals surface area contributed by atoms with Crippen molar-refractivity contribution in [3.05, 3.63) is 75.7 Å². The van der Waals surface area contributed by atoms with E-state index < -0.39 is 11.7 Å². The molecule has 0 radical (unpaired) electrons. The molecule has 1 amide bonds. The number of pyridine rings is 1. The van der Waals surface area contributed by atoms with E-state index in [1.807, 2.05) is 0 Å². The molecule has 3 aromatic rings. The van der Waals surface area contributed by atoms with Gasteiger partial charge in [-0.3, -0.25) is 9.59 Å². The van der Waals surface area contributed by atoms with Crippen molar-refractivity contribution in [3.63, 3.8) is 0 Å². The molecule has 1 aromatic carbocycles. The maximum absolute atomic E-state index is 13.9. The maximum Gasteiger partial charge on any atom is 0.274 e. The fourth-order valence-electron chi connectivity index (χ4n) is 2.59. The molecule has 0 unspecified atom stereocenters. The van der Waals surface area contributed by atoms with E-state index >= 15 is 0 Å². The molecule has 0 atom stereocenters. The van der Waals surface area contributed by atoms with Gasteiger partial charge in [-0.25, -0.2) is 14.4 Å². The van der Waals surface area contributed by atoms with E-state index in [1.54, 1.807) is 38.4 Å². The number of anilines is 1. The van der Waals surface area contributed by atoms with Crippen LogP contribution in [0.4, 0.5) is 10.2 Å². The number of aryl methyl sites for hydroxylation is 2. The van der Waals surface area contributed by atoms with E-state index in [-0.39, 0.29) is 23.6 Å². The van der Waals surface area contributed by atoms with Crippen LogP contribution in [-0.4, -0.2) is 20.4 Å². The van der Waals surface area contributed by atoms with Gasteiger partial charge in [-0.1, -0.05) is 12.1 Å². The van der Waals surface area contributed by atoms with Gasteiger partial charge in [0, 0.05) is 37.0 Å². The molecule has 8 heteroatoms. The number of carbonyl (C=O) groups is 1. The van der Waals surface area contributed by atoms with Crippen LogP contribution >= 0.6 is 0 Å². The normalized spacial score (nSPS) is 10.6. The van der Waals surface area contributed by atoms with E-state index in [0.29, 0.717) is 16.8 Å². The Morgan fingerprint density at radius 1 is 1.30 bits per heavy atom. The summed E-state index contributed by atoms with van der Waals surface area (Å²) >= 11 is 0. The van der Waals surface area contributed by atoms with E-state index in [4.69, 9.17) is 5.73 Å². The number of benzene rings is 1. The molecule has 0 aliphatic rings. The molecular formula is C19H18FN5O2. The van der Waals surface area contributed by atoms with Gasteiger partial charge >= 0.3 is 0 Å². The summed E-state index contributed by atoms with van der Waals surface area (Å²) in [5.74, 6) is -0.992. The molecule has 0 aliphatic heterocycles. The molecule has 0 saturated carbocycles. The monoisotopic (exact) mass is 367 g/mol. The molecule has 7 nitrogen and oxygen atoms in total. The van der Waals surface area contributed by atoms with Crippen molar-refractivity contribution in [1.29, 1.82) is 0 Å². The highest BCUT2D eigenvalue weighted by Gasteiger charge is 2.16. The Morgan fingerprint density at radius 3 is 2.78 bits per heavy atom. The molecule has 3 rings (SSSR count). The van der Waals surface area contributed by atoms with Gasteiger partial charge < -0.3 is 15.6 Å². The predicted molar refractivity (Wildman–Crippen MR) is 99.4 cm³/mol. The Balaban J connectivity index is 1.86. The van der Waals surface area contributed by atoms with E-state index in [9.17, 15) is 14.0 Å². The van der Waals surface area contributed by atoms with Crippen molar-refractivity contribution in [2.75, 3.05) is 5.73 Å². The van der Waals surface area contributed by atoms with Crippen LogP contribution < -0.4 is 16.6 Å². The molecule has 3 N–H and O–H groups in total. The molecule has 0 aliphatic carbocycles. The molecular weight excluding hydrogens is 349 g/mol. The Kier molecular flexibility index (Phi) is 4.98. The van der Waals surface area contributed by atoms with Crippen LogP contribution in [0.2, 0.25) is 0 Å². The molecule has 2 heterocycles. The predicted octanol–water partition coefficient (Wildman–Crippen LogP) is 1.80. The summed E-state index contributed by atoms with van der Waals surface area (Å²) in [6.45, 7) is 1.77. The summed E-state index contributed by atoms with van der Waals surface area (Å²) in [5.41, 5.74) is 7.70. The minimum Gasteiger partial charge on any atom is -0.382 e. The van der Waals surface area contributed by atoms with Crippen molar-refractivity contribution in [1.82, 2.24) is 19.9 Å². The fourth-order valence-corrected chi connectivity index (χ4v) is 2.59. The number of aromatic nitrogens is 3. The first-order valence-corrected chi connectivity index (χ1v) is 8.18. The summed E-state index contributed by atoms with van der Waals surface area (Å²) < 4.78 is 15.3. The van der Waals surface area contributed by atoms with Crippen molar-refractivity contribution >= 4 is 11.7 Å². The number of hydrogen-bond donors (Lipinski definition) is 2. The topological polar surface area (TPSA) is 103 Å². The lowest BCUT2D eigenvalue weighted by atomic mass is 10.1. The summed E-state index contributed by atoms with van der Waals surface area (Å²) in [5, 5.41) is 2.62. The van der Waals surface area contributed by atoms with Crippen molar-refractivity contribution in [2.45, 2.75) is 13.5 Å². The smallest absolute Gasteiger partial charge is 0.274 e. The number of halogens is 1. The lowest BCUT2D eigenvalue weighted by molar-refractivity contribution is 0.0946. The minimum atomic E-state index is -0.561. The molecule has 0 saturated heterocycles. The van der Waals surface area contributed by atoms with Gasteiger partial charge in [-0.2, -0.15) is 0 Å². The molecule has 0 bridgehead atoms. The van der Waals surface area contributed by atoms with Gasteiger partial charge in [0.05, 0.1) is 11.9 Å². The number of hydrogen-bond acceptors (Lipinski definition) is 5. The number of nitrogens with two attached hydrogens (primary N) is 1. The van der Waals surface area contributed by atoms with Gasteiger partial charge in [0.2, 0.25) is 5.56 Å². The number of nitrogens with one attached hydrogen (secondary N) is 1. The Morgan fingerprint density at radius 2 is 2.07 bits per heavy atom. The van der Waals surface area contributed by atoms with Crippen LogP contribution in [0.5, 0.6) is 0 Å². The minimum absolute atomic E-state index is 0.00251. The fraction of sp³-hybridized carbons (Fsp3) is 0.158. The van der Waals surface area contributed by atoms with Crippen molar-refractivity contribution in [3.8, 4) is 11.3 Å². The molecule has 27 heavy (non-hydrogen) atoms. The standard InChI is InChI=1S/C19H18FN5O2/c1-11-4-3-5-14(20)13(11)8-23-19(27)17-18(21)22-9-15(24-17)12-6-7-16(26)25(2)10-12/h3-7,9-10H,8H2,1-2H3,(H2,21,22)(H,23,27). The summed E-state index contributed by atoms with van der Waals surface area (Å²) in [4.78, 5) is 32.3. The third-order valence-corrected chi connectivity index (χ3v) is 4.18. The van der Waals surface area contributed by atoms with E-state index in [1.165, 1.54) is 22.9 Å². The van der Waals surface area contributed by atoms with Gasteiger partial charge in [0.1, 0.15) is 5.82 Å². The quantitative estimate of drug-likeness (QED) is 0.732. The number of amides is 1. The average Bonchev–Trinajstić information content (AvgIpc) is 2.64. The van der Waals surface area contributed by atoms with Crippen LogP contribution in [0.1, 0.15) is 21.6 Å². The largest absolute Gasteiger partial charge is 0.382 e. The van der Waals surface area contributed by atoms with Gasteiger partial charge in [-0.15, -0.1) is 0 Å². The zero-order valence-corrected chi connectivity index (χ0v) is 14.9. The SMILES string of the molecule is Cc1cccc(F)c1CNC(=O)c1nc(-c2ccc(=O)n(C)c2)cnc1N. The first-order chi connectivity index (χ1) is 12.9. The summed E-state index contributed by atoms with van der Waals surface area (Å²) in [6, 6.07) is 7.69. The van der Waals surface area contributed by atoms with E-state index in [2.05, 4.69) is 15.3 Å². The van der Waals surface area contributed by atoms with Crippen LogP contribution in [0, 0.1) is 12.7 Å². The van der Waals surface area contributed by atoms with E-state index in [0.717, 1.165) is 5.56 Å². The number of nitrogen functional groups attached to an aromatic ring is 1. The summed E-state index contributed by atoms with van der Waals surface area (Å²) in [6.07, 6.45) is 3.01. The Bertz CT molecular complexity index is 1060. The van der Waals surface area contributed by atoms with Crippen LogP contribution in [0.3, 0.4) is 0 Å². The number of carbonyl (C=O) groups excluding carboxylic acids is 1. The Labute approximate surface area is 154 Å². The van der Waals surface area contributed by atoms with Crippen molar-refractivity contribution in [2.24, 2.45) is 7.05 Å². The molecule has 0 spiro atoms. The molecule has 138 valence electrons. The lowest BCUT2D eigenvalue weighted by Gasteiger charge is -2.11. The van der Waals surface area contributed by atoms with Crippen molar-refractivity contribution < 1.29 is 9.18 Å². The van der Waals surface area contributed by atoms with Crippen LogP contribution in [0.15, 0.2) is 47.5 Å². The van der Waals surface area contributed by atoms with Gasteiger partial charge in [0.15, 0.2) is 11.5 Å². The highest BCUT2D eigenvalue weighted by molar-refractivity contribution is 5.96. The molecule has 0 fully saturated rings. The zero-order chi connectivity index (χ0) is 19.6. The third-order valence-electron chi connectivity index (χ3n) is 4.18. The van der Waals surface area contributed by atoms with Gasteiger partial charge in [-0.05, 0) is 24.6 Å². The van der Waals surface area contributed by atoms with Crippen LogP contribution in [-0.2, 0) is 13.6 Å². The second-order valence-corrected chi connectivity index (χ2v) is 6.07. The first-order valence-electron chi connectivity index (χ1n) is 8.18. The summed E-state index contributed by atoms with van der Waals surface area (Å²) in [7, 11) is 1.61. The van der Waals surface area contributed by atoms with Gasteiger partial charge in [0.25, 0.3) is 5.91 Å². The zero-order valence-electron chi connectivity index (χ0n) is 14.9. The second-order valence-electron chi connectivity index (χ2n) is 6.07. The number of nitrogens with zero attached hydrogens (tertiary/aromatic N) is 3. The maximum atomic E-state index is 13.9. The second kappa shape index (κ2) is 7.36. The Hall–Kier alpha value is -3.55.